The van der Waals surface area contributed by atoms with Crippen molar-refractivity contribution in [1.82, 2.24) is 0 Å². The number of fused-ring (bicyclic) bond motifs is 1. The molecule has 2 fully saturated rings. The Bertz CT molecular complexity index is 1070. The van der Waals surface area contributed by atoms with Gasteiger partial charge < -0.3 is 9.64 Å². The van der Waals surface area contributed by atoms with Gasteiger partial charge in [0.2, 0.25) is 0 Å². The molecule has 0 radical (unpaired) electrons. The van der Waals surface area contributed by atoms with Crippen molar-refractivity contribution in [2.45, 2.75) is 17.7 Å². The first-order chi connectivity index (χ1) is 13.9. The van der Waals surface area contributed by atoms with E-state index in [9.17, 15) is 13.2 Å². The van der Waals surface area contributed by atoms with Gasteiger partial charge >= 0.3 is 0 Å². The van der Waals surface area contributed by atoms with Crippen molar-refractivity contribution < 1.29 is 17.9 Å². The Labute approximate surface area is 178 Å². The van der Waals surface area contributed by atoms with E-state index in [0.717, 1.165) is 11.3 Å². The predicted octanol–water partition coefficient (Wildman–Crippen LogP) is 3.19. The van der Waals surface area contributed by atoms with Crippen LogP contribution in [0.25, 0.3) is 0 Å². The molecule has 0 spiro atoms. The van der Waals surface area contributed by atoms with Gasteiger partial charge in [-0.05, 0) is 29.8 Å². The van der Waals surface area contributed by atoms with Crippen LogP contribution in [0.1, 0.15) is 5.56 Å². The number of sulfone groups is 1. The molecule has 29 heavy (non-hydrogen) atoms. The van der Waals surface area contributed by atoms with Crippen LogP contribution in [0, 0.1) is 0 Å². The van der Waals surface area contributed by atoms with Crippen LogP contribution in [-0.2, 0) is 21.1 Å². The molecule has 2 aromatic carbocycles. The third-order valence-corrected chi connectivity index (χ3v) is 8.44. The fraction of sp³-hybridized carbons (Fsp3) is 0.300. The van der Waals surface area contributed by atoms with Crippen molar-refractivity contribution in [2.75, 3.05) is 23.5 Å². The van der Waals surface area contributed by atoms with Crippen molar-refractivity contribution in [3.05, 3.63) is 59.1 Å². The lowest BCUT2D eigenvalue weighted by atomic mass is 10.1. The standard InChI is InChI=1S/C20H19ClN2O4S2/c1-27-14-8-6-13(7-9-14)10-19(24)22-20-23(16-5-3-2-4-15(16)21)17-11-29(25,26)12-18(17)28-20/h2-9,17-18H,10-12H2,1H3/t17-,18+/m1/s1. The smallest absolute Gasteiger partial charge is 0.252 e. The highest BCUT2D eigenvalue weighted by Crippen LogP contribution is 2.43. The number of aliphatic imine (C=N–C) groups is 1. The molecule has 2 aliphatic rings. The molecular formula is C20H19ClN2O4S2. The molecule has 2 heterocycles. The van der Waals surface area contributed by atoms with Crippen LogP contribution in [-0.4, -0.2) is 49.4 Å². The van der Waals surface area contributed by atoms with Gasteiger partial charge in [-0.2, -0.15) is 4.99 Å². The number of benzene rings is 2. The zero-order valence-corrected chi connectivity index (χ0v) is 18.0. The number of para-hydroxylation sites is 1. The number of hydrogen-bond donors (Lipinski definition) is 0. The van der Waals surface area contributed by atoms with E-state index >= 15 is 0 Å². The van der Waals surface area contributed by atoms with Crippen molar-refractivity contribution in [3.63, 3.8) is 0 Å². The Morgan fingerprint density at radius 2 is 1.93 bits per heavy atom. The summed E-state index contributed by atoms with van der Waals surface area (Å²) in [5, 5.41) is 0.832. The first-order valence-electron chi connectivity index (χ1n) is 9.01. The van der Waals surface area contributed by atoms with E-state index < -0.39 is 9.84 Å². The molecule has 0 saturated carbocycles. The van der Waals surface area contributed by atoms with E-state index in [-0.39, 0.29) is 35.1 Å². The lowest BCUT2D eigenvalue weighted by molar-refractivity contribution is -0.117. The first kappa shape index (κ1) is 20.3. The third kappa shape index (κ3) is 4.29. The largest absolute Gasteiger partial charge is 0.497 e. The highest BCUT2D eigenvalue weighted by atomic mass is 35.5. The number of anilines is 1. The molecule has 9 heteroatoms. The molecule has 2 atom stereocenters. The number of halogens is 1. The summed E-state index contributed by atoms with van der Waals surface area (Å²) >= 11 is 7.71. The molecule has 2 saturated heterocycles. The van der Waals surface area contributed by atoms with Crippen molar-refractivity contribution >= 4 is 50.0 Å². The van der Waals surface area contributed by atoms with E-state index in [1.807, 2.05) is 35.2 Å². The fourth-order valence-corrected chi connectivity index (χ4v) is 7.71. The van der Waals surface area contributed by atoms with Gasteiger partial charge in [0.05, 0.1) is 41.8 Å². The van der Waals surface area contributed by atoms with Gasteiger partial charge in [-0.15, -0.1) is 0 Å². The van der Waals surface area contributed by atoms with Gasteiger partial charge in [-0.3, -0.25) is 4.79 Å². The summed E-state index contributed by atoms with van der Waals surface area (Å²) in [6.45, 7) is 0. The van der Waals surface area contributed by atoms with Crippen LogP contribution in [0.15, 0.2) is 53.5 Å². The molecule has 6 nitrogen and oxygen atoms in total. The van der Waals surface area contributed by atoms with Crippen molar-refractivity contribution in [3.8, 4) is 5.75 Å². The Morgan fingerprint density at radius 3 is 2.62 bits per heavy atom. The molecule has 2 aromatic rings. The van der Waals surface area contributed by atoms with Gasteiger partial charge in [0.25, 0.3) is 5.91 Å². The minimum atomic E-state index is -3.12. The number of methoxy groups -OCH3 is 1. The van der Waals surface area contributed by atoms with Crippen LogP contribution in [0.4, 0.5) is 5.69 Å². The molecule has 152 valence electrons. The van der Waals surface area contributed by atoms with Gasteiger partial charge in [-0.25, -0.2) is 8.42 Å². The molecule has 0 unspecified atom stereocenters. The first-order valence-corrected chi connectivity index (χ1v) is 12.1. The Kier molecular flexibility index (Phi) is 5.59. The van der Waals surface area contributed by atoms with Gasteiger partial charge in [0.15, 0.2) is 15.0 Å². The quantitative estimate of drug-likeness (QED) is 0.712. The lowest BCUT2D eigenvalue weighted by Crippen LogP contribution is -2.38. The zero-order chi connectivity index (χ0) is 20.6. The molecule has 4 rings (SSSR count). The predicted molar refractivity (Wildman–Crippen MR) is 117 cm³/mol. The maximum absolute atomic E-state index is 12.6. The number of carbonyl (C=O) groups is 1. The minimum absolute atomic E-state index is 0.0293. The summed E-state index contributed by atoms with van der Waals surface area (Å²) in [5.41, 5.74) is 1.50. The number of rotatable bonds is 4. The number of amidine groups is 1. The van der Waals surface area contributed by atoms with E-state index in [1.54, 1.807) is 25.3 Å². The number of amides is 1. The van der Waals surface area contributed by atoms with Crippen LogP contribution in [0.5, 0.6) is 5.75 Å². The second kappa shape index (κ2) is 8.01. The molecule has 0 N–H and O–H groups in total. The Hall–Kier alpha value is -2.03. The number of carbonyl (C=O) groups excluding carboxylic acids is 1. The molecule has 0 bridgehead atoms. The van der Waals surface area contributed by atoms with Crippen molar-refractivity contribution in [1.29, 1.82) is 0 Å². The van der Waals surface area contributed by atoms with E-state index in [0.29, 0.717) is 15.9 Å². The highest BCUT2D eigenvalue weighted by molar-refractivity contribution is 8.16. The summed E-state index contributed by atoms with van der Waals surface area (Å²) in [7, 11) is -1.54. The number of ether oxygens (including phenoxy) is 1. The summed E-state index contributed by atoms with van der Waals surface area (Å²) in [6.07, 6.45) is 0.151. The molecule has 2 aliphatic heterocycles. The molecule has 0 aromatic heterocycles. The molecule has 1 amide bonds. The lowest BCUT2D eigenvalue weighted by Gasteiger charge is -2.25. The number of hydrogen-bond acceptors (Lipinski definition) is 5. The van der Waals surface area contributed by atoms with Crippen LogP contribution >= 0.6 is 23.4 Å². The van der Waals surface area contributed by atoms with Crippen LogP contribution in [0.3, 0.4) is 0 Å². The average molecular weight is 451 g/mol. The summed E-state index contributed by atoms with van der Waals surface area (Å²) in [5.74, 6) is 0.534. The van der Waals surface area contributed by atoms with Crippen LogP contribution < -0.4 is 9.64 Å². The molecule has 0 aliphatic carbocycles. The summed E-state index contributed by atoms with van der Waals surface area (Å²) in [6, 6.07) is 14.2. The highest BCUT2D eigenvalue weighted by Gasteiger charge is 2.49. The Balaban J connectivity index is 1.62. The van der Waals surface area contributed by atoms with E-state index in [1.165, 1.54) is 11.8 Å². The monoisotopic (exact) mass is 450 g/mol. The van der Waals surface area contributed by atoms with E-state index in [2.05, 4.69) is 4.99 Å². The zero-order valence-electron chi connectivity index (χ0n) is 15.6. The van der Waals surface area contributed by atoms with Gasteiger partial charge in [0.1, 0.15) is 5.75 Å². The maximum Gasteiger partial charge on any atom is 0.252 e. The SMILES string of the molecule is COc1ccc(CC(=O)N=C2S[C@H]3CS(=O)(=O)C[C@H]3N2c2ccccc2Cl)cc1. The fourth-order valence-electron chi connectivity index (χ4n) is 3.56. The van der Waals surface area contributed by atoms with Gasteiger partial charge in [-0.1, -0.05) is 47.6 Å². The topological polar surface area (TPSA) is 76.0 Å². The van der Waals surface area contributed by atoms with E-state index in [4.69, 9.17) is 16.3 Å². The second-order valence-electron chi connectivity index (χ2n) is 6.93. The number of thioether (sulfide) groups is 1. The maximum atomic E-state index is 12.6. The summed E-state index contributed by atoms with van der Waals surface area (Å²) < 4.78 is 29.4. The van der Waals surface area contributed by atoms with Gasteiger partial charge in [0, 0.05) is 5.25 Å². The Morgan fingerprint density at radius 1 is 1.21 bits per heavy atom. The minimum Gasteiger partial charge on any atom is -0.497 e. The second-order valence-corrected chi connectivity index (χ2v) is 10.7. The number of nitrogens with zero attached hydrogens (tertiary/aromatic N) is 2. The van der Waals surface area contributed by atoms with Crippen molar-refractivity contribution in [2.24, 2.45) is 4.99 Å². The summed E-state index contributed by atoms with van der Waals surface area (Å²) in [4.78, 5) is 18.8. The third-order valence-electron chi connectivity index (χ3n) is 4.91. The van der Waals surface area contributed by atoms with Crippen LogP contribution in [0.2, 0.25) is 5.02 Å². The molecular weight excluding hydrogens is 432 g/mol. The normalized spacial score (nSPS) is 23.9. The average Bonchev–Trinajstić information content (AvgIpc) is 3.13.